The fourth-order valence-electron chi connectivity index (χ4n) is 2.60. The highest BCUT2D eigenvalue weighted by molar-refractivity contribution is 5.92. The molecule has 8 nitrogen and oxygen atoms in total. The molecular weight excluding hydrogens is 334 g/mol. The van der Waals surface area contributed by atoms with Gasteiger partial charge in [0.25, 0.3) is 11.6 Å². The van der Waals surface area contributed by atoms with Crippen molar-refractivity contribution in [3.05, 3.63) is 52.3 Å². The average Bonchev–Trinajstić information content (AvgIpc) is 3.05. The third-order valence-electron chi connectivity index (χ3n) is 3.90. The van der Waals surface area contributed by atoms with Crippen molar-refractivity contribution in [1.29, 1.82) is 0 Å². The topological polar surface area (TPSA) is 93.3 Å². The Bertz CT molecular complexity index is 731. The number of amides is 1. The lowest BCUT2D eigenvalue weighted by atomic mass is 10.2. The number of nitro benzene ring substituents is 1. The van der Waals surface area contributed by atoms with Crippen LogP contribution in [0.25, 0.3) is 5.69 Å². The Kier molecular flexibility index (Phi) is 5.53. The molecule has 0 radical (unpaired) electrons. The van der Waals surface area contributed by atoms with Crippen molar-refractivity contribution in [2.24, 2.45) is 0 Å². The van der Waals surface area contributed by atoms with E-state index in [-0.39, 0.29) is 30.0 Å². The zero-order valence-electron chi connectivity index (χ0n) is 13.1. The Morgan fingerprint density at radius 1 is 1.33 bits per heavy atom. The lowest BCUT2D eigenvalue weighted by molar-refractivity contribution is -0.384. The molecule has 9 heteroatoms. The van der Waals surface area contributed by atoms with Gasteiger partial charge in [0, 0.05) is 44.0 Å². The third kappa shape index (κ3) is 3.55. The molecule has 1 atom stereocenters. The quantitative estimate of drug-likeness (QED) is 0.670. The minimum absolute atomic E-state index is 0. The van der Waals surface area contributed by atoms with E-state index >= 15 is 0 Å². The number of hydrogen-bond acceptors (Lipinski definition) is 5. The van der Waals surface area contributed by atoms with Crippen molar-refractivity contribution in [1.82, 2.24) is 20.0 Å². The van der Waals surface area contributed by atoms with Crippen LogP contribution in [0.5, 0.6) is 0 Å². The van der Waals surface area contributed by atoms with Crippen LogP contribution in [0.4, 0.5) is 5.69 Å². The number of carbonyl (C=O) groups excluding carboxylic acids is 1. The summed E-state index contributed by atoms with van der Waals surface area (Å²) in [7, 11) is 0. The van der Waals surface area contributed by atoms with Gasteiger partial charge in [-0.3, -0.25) is 14.9 Å². The van der Waals surface area contributed by atoms with Crippen LogP contribution in [0.1, 0.15) is 17.4 Å². The van der Waals surface area contributed by atoms with Gasteiger partial charge >= 0.3 is 0 Å². The summed E-state index contributed by atoms with van der Waals surface area (Å²) >= 11 is 0. The zero-order valence-corrected chi connectivity index (χ0v) is 13.9. The number of carbonyl (C=O) groups is 1. The third-order valence-corrected chi connectivity index (χ3v) is 3.90. The van der Waals surface area contributed by atoms with Crippen LogP contribution in [-0.4, -0.2) is 51.2 Å². The number of nitrogens with zero attached hydrogens (tertiary/aromatic N) is 4. The molecule has 24 heavy (non-hydrogen) atoms. The second-order valence-electron chi connectivity index (χ2n) is 5.47. The van der Waals surface area contributed by atoms with E-state index in [9.17, 15) is 14.9 Å². The first-order valence-corrected chi connectivity index (χ1v) is 7.38. The number of hydrogen-bond donors (Lipinski definition) is 1. The average molecular weight is 352 g/mol. The highest BCUT2D eigenvalue weighted by atomic mass is 35.5. The number of benzene rings is 1. The Labute approximate surface area is 145 Å². The van der Waals surface area contributed by atoms with E-state index in [4.69, 9.17) is 0 Å². The van der Waals surface area contributed by atoms with Crippen LogP contribution in [0, 0.1) is 10.1 Å². The van der Waals surface area contributed by atoms with Crippen molar-refractivity contribution in [3.63, 3.8) is 0 Å². The molecule has 1 amide bonds. The van der Waals surface area contributed by atoms with Gasteiger partial charge in [-0.25, -0.2) is 4.68 Å². The van der Waals surface area contributed by atoms with Gasteiger partial charge in [-0.1, -0.05) is 0 Å². The van der Waals surface area contributed by atoms with Crippen LogP contribution in [0.15, 0.2) is 36.5 Å². The molecule has 0 spiro atoms. The van der Waals surface area contributed by atoms with E-state index in [1.165, 1.54) is 12.1 Å². The summed E-state index contributed by atoms with van der Waals surface area (Å²) in [6, 6.07) is 7.83. The van der Waals surface area contributed by atoms with E-state index in [0.29, 0.717) is 17.9 Å². The Hall–Kier alpha value is -2.45. The van der Waals surface area contributed by atoms with Gasteiger partial charge in [-0.15, -0.1) is 12.4 Å². The minimum atomic E-state index is -0.451. The van der Waals surface area contributed by atoms with Crippen molar-refractivity contribution >= 4 is 24.0 Å². The van der Waals surface area contributed by atoms with E-state index < -0.39 is 4.92 Å². The molecule has 0 bridgehead atoms. The highest BCUT2D eigenvalue weighted by Gasteiger charge is 2.25. The molecular formula is C15H18ClN5O3. The van der Waals surface area contributed by atoms with Gasteiger partial charge in [-0.05, 0) is 25.1 Å². The summed E-state index contributed by atoms with van der Waals surface area (Å²) < 4.78 is 1.55. The zero-order chi connectivity index (χ0) is 16.4. The number of nitro groups is 1. The van der Waals surface area contributed by atoms with E-state index in [2.05, 4.69) is 10.4 Å². The fourth-order valence-corrected chi connectivity index (χ4v) is 2.60. The molecule has 1 aliphatic rings. The first kappa shape index (κ1) is 17.9. The lowest BCUT2D eigenvalue weighted by Gasteiger charge is -2.33. The Morgan fingerprint density at radius 3 is 2.67 bits per heavy atom. The maximum Gasteiger partial charge on any atom is 0.274 e. The number of halogens is 1. The van der Waals surface area contributed by atoms with Crippen molar-refractivity contribution < 1.29 is 9.72 Å². The lowest BCUT2D eigenvalue weighted by Crippen LogP contribution is -2.52. The summed E-state index contributed by atoms with van der Waals surface area (Å²) in [5, 5.41) is 18.2. The predicted molar refractivity (Wildman–Crippen MR) is 90.8 cm³/mol. The Balaban J connectivity index is 0.00000208. The van der Waals surface area contributed by atoms with Gasteiger partial charge in [0.05, 0.1) is 10.6 Å². The van der Waals surface area contributed by atoms with E-state index in [0.717, 1.165) is 13.1 Å². The molecule has 128 valence electrons. The molecule has 2 heterocycles. The first-order chi connectivity index (χ1) is 11.1. The van der Waals surface area contributed by atoms with Crippen LogP contribution >= 0.6 is 12.4 Å². The van der Waals surface area contributed by atoms with Gasteiger partial charge in [0.1, 0.15) is 0 Å². The largest absolute Gasteiger partial charge is 0.332 e. The number of aromatic nitrogens is 2. The fraction of sp³-hybridized carbons (Fsp3) is 0.333. The highest BCUT2D eigenvalue weighted by Crippen LogP contribution is 2.16. The summed E-state index contributed by atoms with van der Waals surface area (Å²) in [4.78, 5) is 24.6. The normalized spacial score (nSPS) is 17.2. The number of piperazine rings is 1. The molecule has 1 fully saturated rings. The van der Waals surface area contributed by atoms with Crippen LogP contribution < -0.4 is 5.32 Å². The molecule has 2 aromatic rings. The van der Waals surface area contributed by atoms with E-state index in [1.54, 1.807) is 34.0 Å². The molecule has 1 aromatic heterocycles. The Morgan fingerprint density at radius 2 is 2.04 bits per heavy atom. The van der Waals surface area contributed by atoms with Crippen LogP contribution in [-0.2, 0) is 0 Å². The van der Waals surface area contributed by atoms with Crippen LogP contribution in [0.2, 0.25) is 0 Å². The van der Waals surface area contributed by atoms with Crippen molar-refractivity contribution in [2.75, 3.05) is 19.6 Å². The van der Waals surface area contributed by atoms with Gasteiger partial charge in [0.15, 0.2) is 5.69 Å². The second-order valence-corrected chi connectivity index (χ2v) is 5.47. The van der Waals surface area contributed by atoms with Gasteiger partial charge < -0.3 is 10.2 Å². The molecule has 1 aliphatic heterocycles. The molecule has 0 saturated carbocycles. The molecule has 1 saturated heterocycles. The molecule has 0 aliphatic carbocycles. The molecule has 1 aromatic carbocycles. The van der Waals surface area contributed by atoms with Gasteiger partial charge in [0.2, 0.25) is 0 Å². The van der Waals surface area contributed by atoms with E-state index in [1.807, 2.05) is 6.92 Å². The SMILES string of the molecule is C[C@@H]1CNCCN1C(=O)c1ccn(-c2ccc([N+](=O)[O-])cc2)n1.Cl. The second kappa shape index (κ2) is 7.41. The number of rotatable bonds is 3. The summed E-state index contributed by atoms with van der Waals surface area (Å²) in [5.74, 6) is -0.0975. The summed E-state index contributed by atoms with van der Waals surface area (Å²) in [6.45, 7) is 4.20. The number of nitrogens with one attached hydrogen (secondary N) is 1. The predicted octanol–water partition coefficient (Wildman–Crippen LogP) is 1.64. The monoisotopic (exact) mass is 351 g/mol. The minimum Gasteiger partial charge on any atom is -0.332 e. The smallest absolute Gasteiger partial charge is 0.274 e. The van der Waals surface area contributed by atoms with Crippen LogP contribution in [0.3, 0.4) is 0 Å². The molecule has 1 N–H and O–H groups in total. The van der Waals surface area contributed by atoms with Crippen molar-refractivity contribution in [3.8, 4) is 5.69 Å². The first-order valence-electron chi connectivity index (χ1n) is 7.38. The standard InChI is InChI=1S/C15H17N5O3.ClH/c1-11-10-16-7-9-18(11)15(21)14-6-8-19(17-14)12-2-4-13(5-3-12)20(22)23;/h2-6,8,11,16H,7,9-10H2,1H3;1H/t11-;/m1./s1. The number of non-ortho nitro benzene ring substituents is 1. The maximum absolute atomic E-state index is 12.5. The maximum atomic E-state index is 12.5. The summed E-state index contributed by atoms with van der Waals surface area (Å²) in [5.41, 5.74) is 1.06. The molecule has 3 rings (SSSR count). The van der Waals surface area contributed by atoms with Gasteiger partial charge in [-0.2, -0.15) is 5.10 Å². The summed E-state index contributed by atoms with van der Waals surface area (Å²) in [6.07, 6.45) is 1.68. The van der Waals surface area contributed by atoms with Crippen molar-refractivity contribution in [2.45, 2.75) is 13.0 Å². The molecule has 0 unspecified atom stereocenters.